The zero-order valence-electron chi connectivity index (χ0n) is 13.8. The van der Waals surface area contributed by atoms with Crippen LogP contribution < -0.4 is 0 Å². The van der Waals surface area contributed by atoms with E-state index < -0.39 is 5.41 Å². The minimum Gasteiger partial charge on any atom is -0.237 e. The third kappa shape index (κ3) is 2.95. The van der Waals surface area contributed by atoms with E-state index in [1.54, 1.807) is 6.20 Å². The van der Waals surface area contributed by atoms with Gasteiger partial charge in [0, 0.05) is 22.9 Å². The van der Waals surface area contributed by atoms with Crippen LogP contribution in [-0.2, 0) is 5.41 Å². The summed E-state index contributed by atoms with van der Waals surface area (Å²) in [6.07, 6.45) is 3.50. The van der Waals surface area contributed by atoms with E-state index in [-0.39, 0.29) is 0 Å². The molecule has 120 valence electrons. The molecule has 1 aliphatic rings. The third-order valence-corrected chi connectivity index (χ3v) is 4.58. The second kappa shape index (κ2) is 6.33. The molecule has 0 aliphatic heterocycles. The number of hydrogen-bond donors (Lipinski definition) is 0. The van der Waals surface area contributed by atoms with Crippen LogP contribution in [0.2, 0.25) is 0 Å². The van der Waals surface area contributed by atoms with Gasteiger partial charge in [-0.05, 0) is 18.9 Å². The first-order valence-corrected chi connectivity index (χ1v) is 8.39. The Kier molecular flexibility index (Phi) is 3.87. The highest BCUT2D eigenvalue weighted by Crippen LogP contribution is 2.50. The van der Waals surface area contributed by atoms with Crippen molar-refractivity contribution in [3.05, 3.63) is 95.7 Å². The van der Waals surface area contributed by atoms with E-state index in [9.17, 15) is 5.26 Å². The fraction of sp³-hybridized carbons (Fsp3) is 0.136. The van der Waals surface area contributed by atoms with E-state index in [1.165, 1.54) is 0 Å². The Morgan fingerprint density at radius 2 is 1.48 bits per heavy atom. The van der Waals surface area contributed by atoms with Crippen molar-refractivity contribution in [1.82, 2.24) is 4.98 Å². The van der Waals surface area contributed by atoms with Gasteiger partial charge >= 0.3 is 0 Å². The third-order valence-electron chi connectivity index (χ3n) is 4.58. The maximum Gasteiger partial charge on any atom is 0.157 e. The molecule has 1 aliphatic carbocycles. The summed E-state index contributed by atoms with van der Waals surface area (Å²) in [6.45, 7) is 0. The van der Waals surface area contributed by atoms with E-state index in [2.05, 4.69) is 11.1 Å². The van der Waals surface area contributed by atoms with Crippen molar-refractivity contribution in [3.8, 4) is 6.07 Å². The van der Waals surface area contributed by atoms with Gasteiger partial charge in [-0.1, -0.05) is 66.7 Å². The van der Waals surface area contributed by atoms with Crippen LogP contribution in [0.3, 0.4) is 0 Å². The number of aromatic nitrogens is 1. The number of benzene rings is 2. The molecule has 0 atom stereocenters. The van der Waals surface area contributed by atoms with E-state index in [0.717, 1.165) is 35.2 Å². The smallest absolute Gasteiger partial charge is 0.157 e. The van der Waals surface area contributed by atoms with Crippen LogP contribution in [0.5, 0.6) is 0 Å². The molecule has 1 fully saturated rings. The Morgan fingerprint density at radius 1 is 0.880 bits per heavy atom. The molecule has 0 saturated heterocycles. The summed E-state index contributed by atoms with van der Waals surface area (Å²) in [5.74, 6) is 0.643. The van der Waals surface area contributed by atoms with Gasteiger partial charge in [-0.3, -0.25) is 0 Å². The monoisotopic (exact) mass is 323 g/mol. The molecule has 0 unspecified atom stereocenters. The van der Waals surface area contributed by atoms with Crippen LogP contribution in [0, 0.1) is 11.3 Å². The minimum absolute atomic E-state index is 0.411. The van der Waals surface area contributed by atoms with Crippen LogP contribution >= 0.6 is 0 Å². The summed E-state index contributed by atoms with van der Waals surface area (Å²) in [5.41, 5.74) is 3.46. The van der Waals surface area contributed by atoms with Crippen LogP contribution in [0.1, 0.15) is 29.5 Å². The van der Waals surface area contributed by atoms with Gasteiger partial charge in [-0.2, -0.15) is 5.26 Å². The van der Waals surface area contributed by atoms with E-state index in [4.69, 9.17) is 4.99 Å². The first kappa shape index (κ1) is 15.3. The van der Waals surface area contributed by atoms with Gasteiger partial charge in [0.2, 0.25) is 0 Å². The standard InChI is InChI=1S/C22H17N3/c23-16-22(13-14-22)19-12-7-15-24-21(19)25-20(17-8-3-1-4-9-17)18-10-5-2-6-11-18/h1-12,15H,13-14H2. The second-order valence-electron chi connectivity index (χ2n) is 6.26. The Labute approximate surface area is 147 Å². The maximum absolute atomic E-state index is 9.58. The van der Waals surface area contributed by atoms with Crippen molar-refractivity contribution in [2.24, 2.45) is 4.99 Å². The van der Waals surface area contributed by atoms with Gasteiger partial charge in [-0.15, -0.1) is 0 Å². The predicted octanol–water partition coefficient (Wildman–Crippen LogP) is 4.81. The largest absolute Gasteiger partial charge is 0.237 e. The highest BCUT2D eigenvalue weighted by molar-refractivity contribution is 6.13. The molecule has 1 aromatic heterocycles. The fourth-order valence-corrected chi connectivity index (χ4v) is 3.02. The van der Waals surface area contributed by atoms with E-state index in [1.807, 2.05) is 72.8 Å². The zero-order valence-corrected chi connectivity index (χ0v) is 13.8. The molecule has 1 saturated carbocycles. The summed E-state index contributed by atoms with van der Waals surface area (Å²) in [6, 6.07) is 26.5. The second-order valence-corrected chi connectivity index (χ2v) is 6.26. The Morgan fingerprint density at radius 3 is 2.00 bits per heavy atom. The number of rotatable bonds is 4. The number of aliphatic imine (C=N–C) groups is 1. The van der Waals surface area contributed by atoms with Crippen LogP contribution in [-0.4, -0.2) is 10.7 Å². The molecule has 2 aromatic carbocycles. The van der Waals surface area contributed by atoms with Gasteiger partial charge in [0.1, 0.15) is 0 Å². The molecule has 0 spiro atoms. The molecule has 4 rings (SSSR count). The number of nitrogens with zero attached hydrogens (tertiary/aromatic N) is 3. The molecule has 0 radical (unpaired) electrons. The quantitative estimate of drug-likeness (QED) is 0.647. The Bertz CT molecular complexity index is 908. The predicted molar refractivity (Wildman–Crippen MR) is 98.9 cm³/mol. The topological polar surface area (TPSA) is 49.0 Å². The van der Waals surface area contributed by atoms with Crippen molar-refractivity contribution in [2.75, 3.05) is 0 Å². The van der Waals surface area contributed by atoms with E-state index >= 15 is 0 Å². The molecule has 3 aromatic rings. The summed E-state index contributed by atoms with van der Waals surface area (Å²) in [5, 5.41) is 9.58. The lowest BCUT2D eigenvalue weighted by Gasteiger charge is -2.12. The van der Waals surface area contributed by atoms with Crippen LogP contribution in [0.25, 0.3) is 0 Å². The average molecular weight is 323 g/mol. The molecular formula is C22H17N3. The highest BCUT2D eigenvalue weighted by atomic mass is 14.9. The fourth-order valence-electron chi connectivity index (χ4n) is 3.02. The highest BCUT2D eigenvalue weighted by Gasteiger charge is 2.46. The maximum atomic E-state index is 9.58. The van der Waals surface area contributed by atoms with Crippen molar-refractivity contribution in [2.45, 2.75) is 18.3 Å². The van der Waals surface area contributed by atoms with Gasteiger partial charge in [0.25, 0.3) is 0 Å². The van der Waals surface area contributed by atoms with Gasteiger partial charge in [0.05, 0.1) is 17.2 Å². The molecule has 0 amide bonds. The number of pyridine rings is 1. The minimum atomic E-state index is -0.411. The normalized spacial score (nSPS) is 14.4. The molecule has 0 bridgehead atoms. The molecule has 3 heteroatoms. The Balaban J connectivity index is 1.89. The van der Waals surface area contributed by atoms with Crippen LogP contribution in [0.15, 0.2) is 84.0 Å². The zero-order chi connectivity index (χ0) is 17.1. The van der Waals surface area contributed by atoms with Crippen molar-refractivity contribution in [1.29, 1.82) is 5.26 Å². The Hall–Kier alpha value is -3.25. The van der Waals surface area contributed by atoms with Gasteiger partial charge < -0.3 is 0 Å². The van der Waals surface area contributed by atoms with Crippen molar-refractivity contribution in [3.63, 3.8) is 0 Å². The molecule has 1 heterocycles. The molecule has 0 N–H and O–H groups in total. The SMILES string of the molecule is N#CC1(c2cccnc2N=C(c2ccccc2)c2ccccc2)CC1. The number of nitriles is 1. The average Bonchev–Trinajstić information content (AvgIpc) is 3.49. The first-order chi connectivity index (χ1) is 12.3. The van der Waals surface area contributed by atoms with Crippen molar-refractivity contribution >= 4 is 11.5 Å². The summed E-state index contributed by atoms with van der Waals surface area (Å²) in [4.78, 5) is 9.39. The molecule has 25 heavy (non-hydrogen) atoms. The van der Waals surface area contributed by atoms with Gasteiger partial charge in [-0.25, -0.2) is 9.98 Å². The van der Waals surface area contributed by atoms with Gasteiger partial charge in [0.15, 0.2) is 5.82 Å². The summed E-state index contributed by atoms with van der Waals surface area (Å²) >= 11 is 0. The lowest BCUT2D eigenvalue weighted by Crippen LogP contribution is -2.07. The number of hydrogen-bond acceptors (Lipinski definition) is 3. The summed E-state index contributed by atoms with van der Waals surface area (Å²) < 4.78 is 0. The molecule has 3 nitrogen and oxygen atoms in total. The lowest BCUT2D eigenvalue weighted by atomic mass is 9.98. The summed E-state index contributed by atoms with van der Waals surface area (Å²) in [7, 11) is 0. The first-order valence-electron chi connectivity index (χ1n) is 8.39. The molecular weight excluding hydrogens is 306 g/mol. The lowest BCUT2D eigenvalue weighted by molar-refractivity contribution is 0.897. The van der Waals surface area contributed by atoms with Crippen LogP contribution in [0.4, 0.5) is 5.82 Å². The van der Waals surface area contributed by atoms with Crippen molar-refractivity contribution < 1.29 is 0 Å². The van der Waals surface area contributed by atoms with E-state index in [0.29, 0.717) is 5.82 Å².